The number of esters is 2. The smallest absolute Gasteiger partial charge is 0.306 e. The molecule has 0 radical (unpaired) electrons. The molecular formula is C56H101NO7. The van der Waals surface area contributed by atoms with Gasteiger partial charge in [-0.15, -0.1) is 0 Å². The molecule has 0 aromatic carbocycles. The summed E-state index contributed by atoms with van der Waals surface area (Å²) in [6, 6.07) is -0.728. The summed E-state index contributed by atoms with van der Waals surface area (Å²) in [5, 5.41) is 11.7. The number of carboxylic acid groups (broad SMARTS) is 1. The predicted octanol–water partition coefficient (Wildman–Crippen LogP) is 14.2. The molecule has 2 atom stereocenters. The van der Waals surface area contributed by atoms with Crippen molar-refractivity contribution in [1.82, 2.24) is 0 Å². The summed E-state index contributed by atoms with van der Waals surface area (Å²) in [4.78, 5) is 37.1. The SMILES string of the molecule is CCCCCC/C=C/C=C/CCCCCCCCCCCCC(=O)OCC(COCCC(C(=O)[O-])[N+](C)(C)C)OC(=O)CCCCCCCCCCCC/C=C/C=C/CCCCCC. The van der Waals surface area contributed by atoms with Crippen molar-refractivity contribution in [3.05, 3.63) is 48.6 Å². The van der Waals surface area contributed by atoms with E-state index in [0.717, 1.165) is 38.5 Å². The molecule has 0 saturated heterocycles. The van der Waals surface area contributed by atoms with Gasteiger partial charge < -0.3 is 28.6 Å². The minimum atomic E-state index is -1.12. The zero-order valence-electron chi connectivity index (χ0n) is 42.4. The topological polar surface area (TPSA) is 102 Å². The van der Waals surface area contributed by atoms with Gasteiger partial charge in [0, 0.05) is 19.3 Å². The maximum Gasteiger partial charge on any atom is 0.306 e. The van der Waals surface area contributed by atoms with Gasteiger partial charge in [0.25, 0.3) is 0 Å². The summed E-state index contributed by atoms with van der Waals surface area (Å²) >= 11 is 0. The van der Waals surface area contributed by atoms with Gasteiger partial charge in [0.2, 0.25) is 0 Å². The fourth-order valence-electron chi connectivity index (χ4n) is 7.82. The monoisotopic (exact) mass is 900 g/mol. The van der Waals surface area contributed by atoms with E-state index in [-0.39, 0.29) is 42.7 Å². The highest BCUT2D eigenvalue weighted by Crippen LogP contribution is 2.15. The Morgan fingerprint density at radius 3 is 1.17 bits per heavy atom. The van der Waals surface area contributed by atoms with Gasteiger partial charge in [0.05, 0.1) is 40.3 Å². The number of hydrogen-bond donors (Lipinski definition) is 0. The van der Waals surface area contributed by atoms with Gasteiger partial charge in [-0.05, 0) is 64.2 Å². The molecule has 64 heavy (non-hydrogen) atoms. The van der Waals surface area contributed by atoms with Crippen LogP contribution in [0, 0.1) is 0 Å². The van der Waals surface area contributed by atoms with Crippen LogP contribution in [-0.2, 0) is 28.6 Å². The second kappa shape index (κ2) is 46.8. The van der Waals surface area contributed by atoms with E-state index >= 15 is 0 Å². The number of aliphatic carboxylic acids is 1. The Bertz CT molecular complexity index is 1190. The van der Waals surface area contributed by atoms with E-state index in [0.29, 0.717) is 12.8 Å². The van der Waals surface area contributed by atoms with Crippen molar-refractivity contribution in [3.8, 4) is 0 Å². The lowest BCUT2D eigenvalue weighted by Crippen LogP contribution is -2.55. The van der Waals surface area contributed by atoms with Crippen LogP contribution in [0.1, 0.15) is 239 Å². The molecule has 0 heterocycles. The van der Waals surface area contributed by atoms with Gasteiger partial charge in [-0.25, -0.2) is 0 Å². The number of quaternary nitrogens is 1. The molecule has 0 rings (SSSR count). The Labute approximate surface area is 395 Å². The number of nitrogens with zero attached hydrogens (tertiary/aromatic N) is 1. The van der Waals surface area contributed by atoms with Gasteiger partial charge in [-0.1, -0.05) is 204 Å². The van der Waals surface area contributed by atoms with Crippen molar-refractivity contribution in [2.45, 2.75) is 251 Å². The van der Waals surface area contributed by atoms with Crippen LogP contribution in [0.4, 0.5) is 0 Å². The molecule has 0 aromatic rings. The Morgan fingerprint density at radius 2 is 0.812 bits per heavy atom. The summed E-state index contributed by atoms with van der Waals surface area (Å²) in [6.07, 6.45) is 57.0. The number of allylic oxidation sites excluding steroid dienone is 8. The highest BCUT2D eigenvalue weighted by Gasteiger charge is 2.25. The summed E-state index contributed by atoms with van der Waals surface area (Å²) in [6.45, 7) is 4.65. The molecule has 0 spiro atoms. The molecular weight excluding hydrogens is 799 g/mol. The van der Waals surface area contributed by atoms with Crippen molar-refractivity contribution in [2.75, 3.05) is 41.0 Å². The zero-order valence-corrected chi connectivity index (χ0v) is 42.4. The summed E-state index contributed by atoms with van der Waals surface area (Å²) in [5.74, 6) is -1.73. The lowest BCUT2D eigenvalue weighted by Gasteiger charge is -2.34. The molecule has 8 heteroatoms. The van der Waals surface area contributed by atoms with E-state index in [1.54, 1.807) is 21.1 Å². The van der Waals surface area contributed by atoms with Crippen molar-refractivity contribution in [1.29, 1.82) is 0 Å². The first kappa shape index (κ1) is 61.3. The highest BCUT2D eigenvalue weighted by atomic mass is 16.6. The Morgan fingerprint density at radius 1 is 0.469 bits per heavy atom. The average molecular weight is 900 g/mol. The number of rotatable bonds is 48. The third-order valence-corrected chi connectivity index (χ3v) is 12.0. The van der Waals surface area contributed by atoms with E-state index in [1.807, 2.05) is 0 Å². The molecule has 0 aliphatic rings. The fraction of sp³-hybridized carbons (Fsp3) is 0.804. The molecule has 0 amide bonds. The third kappa shape index (κ3) is 44.5. The standard InChI is InChI=1S/C56H101NO7/c1-6-8-10-12-14-16-18-20-22-24-26-28-30-32-34-36-38-40-42-44-46-54(58)63-51-52(50-62-49-48-53(56(60)61)57(3,4)5)64-55(59)47-45-43-41-39-37-35-33-31-29-27-25-23-21-19-17-15-13-11-9-7-2/h16-23,52-53H,6-15,24-51H2,1-5H3/b18-16+,19-17+,22-20+,23-21+. The minimum Gasteiger partial charge on any atom is -0.544 e. The first-order valence-corrected chi connectivity index (χ1v) is 26.7. The summed E-state index contributed by atoms with van der Waals surface area (Å²) in [7, 11) is 5.42. The number of carbonyl (C=O) groups is 3. The Hall–Kier alpha value is -2.71. The number of carbonyl (C=O) groups excluding carboxylic acids is 3. The molecule has 8 nitrogen and oxygen atoms in total. The van der Waals surface area contributed by atoms with Gasteiger partial charge in [-0.3, -0.25) is 9.59 Å². The largest absolute Gasteiger partial charge is 0.544 e. The van der Waals surface area contributed by atoms with Crippen molar-refractivity contribution >= 4 is 17.9 Å². The number of ether oxygens (including phenoxy) is 3. The molecule has 0 fully saturated rings. The fourth-order valence-corrected chi connectivity index (χ4v) is 7.82. The third-order valence-electron chi connectivity index (χ3n) is 12.0. The van der Waals surface area contributed by atoms with Crippen LogP contribution in [0.25, 0.3) is 0 Å². The zero-order chi connectivity index (χ0) is 47.0. The number of carboxylic acids is 1. The Balaban J connectivity index is 4.23. The van der Waals surface area contributed by atoms with Crippen molar-refractivity contribution in [3.63, 3.8) is 0 Å². The van der Waals surface area contributed by atoms with E-state index in [9.17, 15) is 19.5 Å². The van der Waals surface area contributed by atoms with E-state index in [1.165, 1.54) is 167 Å². The molecule has 0 N–H and O–H groups in total. The molecule has 0 aliphatic heterocycles. The first-order valence-electron chi connectivity index (χ1n) is 26.7. The lowest BCUT2D eigenvalue weighted by atomic mass is 10.1. The number of hydrogen-bond acceptors (Lipinski definition) is 7. The molecule has 2 unspecified atom stereocenters. The first-order chi connectivity index (χ1) is 31.1. The maximum absolute atomic E-state index is 12.8. The molecule has 0 saturated carbocycles. The predicted molar refractivity (Wildman–Crippen MR) is 268 cm³/mol. The Kier molecular flexibility index (Phi) is 44.8. The van der Waals surface area contributed by atoms with Gasteiger partial charge >= 0.3 is 11.9 Å². The van der Waals surface area contributed by atoms with Crippen LogP contribution in [-0.4, -0.2) is 75.5 Å². The lowest BCUT2D eigenvalue weighted by molar-refractivity contribution is -0.889. The molecule has 0 aliphatic carbocycles. The van der Waals surface area contributed by atoms with E-state index in [2.05, 4.69) is 62.5 Å². The summed E-state index contributed by atoms with van der Waals surface area (Å²) in [5.41, 5.74) is 0. The second-order valence-corrected chi connectivity index (χ2v) is 19.2. The number of likely N-dealkylation sites (N-methyl/N-ethyl adjacent to an activating group) is 1. The van der Waals surface area contributed by atoms with Gasteiger partial charge in [-0.2, -0.15) is 0 Å². The molecule has 0 bridgehead atoms. The summed E-state index contributed by atoms with van der Waals surface area (Å²) < 4.78 is 17.3. The molecule has 0 aromatic heterocycles. The van der Waals surface area contributed by atoms with Crippen LogP contribution in [0.15, 0.2) is 48.6 Å². The quantitative estimate of drug-likeness (QED) is 0.0259. The minimum absolute atomic E-state index is 0.0389. The van der Waals surface area contributed by atoms with Crippen LogP contribution in [0.5, 0.6) is 0 Å². The molecule has 372 valence electrons. The van der Waals surface area contributed by atoms with Crippen LogP contribution in [0.2, 0.25) is 0 Å². The van der Waals surface area contributed by atoms with Gasteiger partial charge in [0.1, 0.15) is 12.6 Å². The number of unbranched alkanes of at least 4 members (excludes halogenated alkanes) is 28. The van der Waals surface area contributed by atoms with Crippen LogP contribution in [0.3, 0.4) is 0 Å². The normalized spacial score (nSPS) is 13.2. The average Bonchev–Trinajstić information content (AvgIpc) is 3.26. The second-order valence-electron chi connectivity index (χ2n) is 19.2. The van der Waals surface area contributed by atoms with E-state index < -0.39 is 18.1 Å². The van der Waals surface area contributed by atoms with E-state index in [4.69, 9.17) is 14.2 Å². The highest BCUT2D eigenvalue weighted by molar-refractivity contribution is 5.70. The van der Waals surface area contributed by atoms with Crippen LogP contribution >= 0.6 is 0 Å². The van der Waals surface area contributed by atoms with Gasteiger partial charge in [0.15, 0.2) is 6.10 Å². The van der Waals surface area contributed by atoms with Crippen LogP contribution < -0.4 is 5.11 Å². The van der Waals surface area contributed by atoms with Crippen molar-refractivity contribution in [2.24, 2.45) is 0 Å². The van der Waals surface area contributed by atoms with Crippen molar-refractivity contribution < 1.29 is 38.2 Å². The maximum atomic E-state index is 12.8.